The van der Waals surface area contributed by atoms with Crippen molar-refractivity contribution >= 4 is 33.1 Å². The first-order valence-corrected chi connectivity index (χ1v) is 7.38. The summed E-state index contributed by atoms with van der Waals surface area (Å²) in [5.41, 5.74) is 5.93. The van der Waals surface area contributed by atoms with E-state index in [1.54, 1.807) is 6.07 Å². The quantitative estimate of drug-likeness (QED) is 0.623. The second-order valence-electron chi connectivity index (χ2n) is 4.11. The summed E-state index contributed by atoms with van der Waals surface area (Å²) >= 11 is 7.96. The summed E-state index contributed by atoms with van der Waals surface area (Å²) in [5.74, 6) is 0.338. The van der Waals surface area contributed by atoms with Gasteiger partial charge in [-0.15, -0.1) is 0 Å². The molecule has 0 saturated heterocycles. The Kier molecular flexibility index (Phi) is 5.52. The number of hydrogen-bond donors (Lipinski definition) is 1. The molecule has 2 aromatic rings. The summed E-state index contributed by atoms with van der Waals surface area (Å²) in [6.07, 6.45) is 0. The van der Waals surface area contributed by atoms with Crippen molar-refractivity contribution in [1.29, 1.82) is 0 Å². The lowest BCUT2D eigenvalue weighted by atomic mass is 10.2. The summed E-state index contributed by atoms with van der Waals surface area (Å²) in [6, 6.07) is 12.4. The predicted octanol–water partition coefficient (Wildman–Crippen LogP) is 3.68. The van der Waals surface area contributed by atoms with E-state index in [0.717, 1.165) is 5.75 Å². The van der Waals surface area contributed by atoms with E-state index in [-0.39, 0.29) is 21.8 Å². The van der Waals surface area contributed by atoms with E-state index < -0.39 is 5.82 Å². The minimum absolute atomic E-state index is 0.124. The minimum Gasteiger partial charge on any atom is -0.490 e. The molecular formula is C15H13BrFNO2S. The van der Waals surface area contributed by atoms with E-state index in [2.05, 4.69) is 15.9 Å². The van der Waals surface area contributed by atoms with Crippen LogP contribution in [0.25, 0.3) is 0 Å². The Balaban J connectivity index is 1.92. The molecule has 21 heavy (non-hydrogen) atoms. The molecule has 2 N–H and O–H groups in total. The van der Waals surface area contributed by atoms with Gasteiger partial charge >= 0.3 is 0 Å². The van der Waals surface area contributed by atoms with E-state index in [9.17, 15) is 4.39 Å². The van der Waals surface area contributed by atoms with Crippen LogP contribution in [0.4, 0.5) is 4.39 Å². The highest BCUT2D eigenvalue weighted by Gasteiger charge is 2.13. The molecule has 0 spiro atoms. The van der Waals surface area contributed by atoms with Crippen LogP contribution in [0, 0.1) is 5.82 Å². The van der Waals surface area contributed by atoms with Crippen molar-refractivity contribution in [3.8, 4) is 11.5 Å². The van der Waals surface area contributed by atoms with E-state index in [0.29, 0.717) is 12.2 Å². The maximum absolute atomic E-state index is 14.0. The molecule has 0 bridgehead atoms. The number of para-hydroxylation sites is 1. The number of halogens is 2. The number of ether oxygens (including phenoxy) is 2. The van der Waals surface area contributed by atoms with Crippen LogP contribution in [-0.2, 0) is 0 Å². The molecule has 0 aliphatic carbocycles. The van der Waals surface area contributed by atoms with Crippen LogP contribution >= 0.6 is 28.1 Å². The highest BCUT2D eigenvalue weighted by molar-refractivity contribution is 9.10. The van der Waals surface area contributed by atoms with Gasteiger partial charge in [-0.3, -0.25) is 0 Å². The Bertz CT molecular complexity index is 637. The molecule has 2 aromatic carbocycles. The van der Waals surface area contributed by atoms with Crippen molar-refractivity contribution < 1.29 is 13.9 Å². The first-order valence-electron chi connectivity index (χ1n) is 6.18. The molecule has 0 fully saturated rings. The first kappa shape index (κ1) is 15.7. The molecule has 110 valence electrons. The molecule has 0 radical (unpaired) electrons. The summed E-state index contributed by atoms with van der Waals surface area (Å²) in [6.45, 7) is 0.544. The van der Waals surface area contributed by atoms with E-state index >= 15 is 0 Å². The number of rotatable bonds is 6. The highest BCUT2D eigenvalue weighted by atomic mass is 79.9. The number of benzene rings is 2. The van der Waals surface area contributed by atoms with Crippen LogP contribution in [0.5, 0.6) is 11.5 Å². The van der Waals surface area contributed by atoms with Crippen molar-refractivity contribution in [2.75, 3.05) is 13.2 Å². The van der Waals surface area contributed by atoms with Gasteiger partial charge in [-0.2, -0.15) is 0 Å². The fraction of sp³-hybridized carbons (Fsp3) is 0.133. The van der Waals surface area contributed by atoms with Crippen LogP contribution in [0.2, 0.25) is 0 Å². The van der Waals surface area contributed by atoms with Gasteiger partial charge in [-0.25, -0.2) is 4.39 Å². The summed E-state index contributed by atoms with van der Waals surface area (Å²) in [5, 5.41) is 0. The lowest BCUT2D eigenvalue weighted by molar-refractivity contribution is 0.211. The van der Waals surface area contributed by atoms with E-state index in [4.69, 9.17) is 27.4 Å². The molecule has 0 heterocycles. The summed E-state index contributed by atoms with van der Waals surface area (Å²) in [4.78, 5) is 0.125. The van der Waals surface area contributed by atoms with Crippen LogP contribution < -0.4 is 15.2 Å². The lowest BCUT2D eigenvalue weighted by Gasteiger charge is -2.11. The molecule has 0 aromatic heterocycles. The highest BCUT2D eigenvalue weighted by Crippen LogP contribution is 2.28. The fourth-order valence-electron chi connectivity index (χ4n) is 1.66. The Morgan fingerprint density at radius 3 is 2.43 bits per heavy atom. The van der Waals surface area contributed by atoms with Crippen molar-refractivity contribution in [1.82, 2.24) is 0 Å². The minimum atomic E-state index is -0.528. The molecule has 6 heteroatoms. The Labute approximate surface area is 136 Å². The maximum atomic E-state index is 14.0. The Morgan fingerprint density at radius 1 is 1.10 bits per heavy atom. The zero-order valence-corrected chi connectivity index (χ0v) is 13.4. The normalized spacial score (nSPS) is 10.2. The van der Waals surface area contributed by atoms with Crippen LogP contribution in [-0.4, -0.2) is 18.2 Å². The first-order chi connectivity index (χ1) is 10.1. The third-order valence-electron chi connectivity index (χ3n) is 2.67. The standard InChI is InChI=1S/C15H13BrFNO2S/c16-13-11(15(18)21)6-7-12(14(13)17)20-9-8-19-10-4-2-1-3-5-10/h1-7H,8-9H2,(H2,18,21). The topological polar surface area (TPSA) is 44.5 Å². The van der Waals surface area contributed by atoms with Crippen molar-refractivity contribution in [2.45, 2.75) is 0 Å². The van der Waals surface area contributed by atoms with Gasteiger partial charge in [0, 0.05) is 5.56 Å². The molecule has 0 atom stereocenters. The third kappa shape index (κ3) is 4.15. The maximum Gasteiger partial charge on any atom is 0.179 e. The van der Waals surface area contributed by atoms with Gasteiger partial charge in [0.2, 0.25) is 0 Å². The van der Waals surface area contributed by atoms with Crippen molar-refractivity contribution in [3.63, 3.8) is 0 Å². The van der Waals surface area contributed by atoms with Gasteiger partial charge in [-0.1, -0.05) is 30.4 Å². The Morgan fingerprint density at radius 2 is 1.76 bits per heavy atom. The van der Waals surface area contributed by atoms with E-state index in [1.807, 2.05) is 30.3 Å². The van der Waals surface area contributed by atoms with Gasteiger partial charge in [-0.05, 0) is 40.2 Å². The van der Waals surface area contributed by atoms with Gasteiger partial charge in [0.1, 0.15) is 24.0 Å². The zero-order valence-electron chi connectivity index (χ0n) is 11.0. The van der Waals surface area contributed by atoms with Gasteiger partial charge in [0.05, 0.1) is 4.47 Å². The third-order valence-corrected chi connectivity index (χ3v) is 3.66. The van der Waals surface area contributed by atoms with Gasteiger partial charge < -0.3 is 15.2 Å². The molecule has 0 unspecified atom stereocenters. The van der Waals surface area contributed by atoms with Gasteiger partial charge in [0.25, 0.3) is 0 Å². The smallest absolute Gasteiger partial charge is 0.179 e. The largest absolute Gasteiger partial charge is 0.490 e. The van der Waals surface area contributed by atoms with Crippen molar-refractivity contribution in [2.24, 2.45) is 5.73 Å². The molecule has 2 rings (SSSR count). The number of hydrogen-bond acceptors (Lipinski definition) is 3. The molecule has 0 amide bonds. The Hall–Kier alpha value is -1.66. The molecule has 0 aliphatic heterocycles. The predicted molar refractivity (Wildman–Crippen MR) is 87.4 cm³/mol. The molecular weight excluding hydrogens is 357 g/mol. The lowest BCUT2D eigenvalue weighted by Crippen LogP contribution is -2.13. The van der Waals surface area contributed by atoms with Crippen LogP contribution in [0.15, 0.2) is 46.9 Å². The molecule has 0 saturated carbocycles. The molecule has 0 aliphatic rings. The monoisotopic (exact) mass is 369 g/mol. The average molecular weight is 370 g/mol. The molecule has 3 nitrogen and oxygen atoms in total. The second-order valence-corrected chi connectivity index (χ2v) is 5.35. The van der Waals surface area contributed by atoms with Gasteiger partial charge in [0.15, 0.2) is 11.6 Å². The van der Waals surface area contributed by atoms with Crippen molar-refractivity contribution in [3.05, 3.63) is 58.3 Å². The van der Waals surface area contributed by atoms with Crippen LogP contribution in [0.1, 0.15) is 5.56 Å². The summed E-state index contributed by atoms with van der Waals surface area (Å²) < 4.78 is 25.1. The number of thiocarbonyl (C=S) groups is 1. The van der Waals surface area contributed by atoms with Crippen LogP contribution in [0.3, 0.4) is 0 Å². The second kappa shape index (κ2) is 7.38. The SMILES string of the molecule is NC(=S)c1ccc(OCCOc2ccccc2)c(F)c1Br. The summed E-state index contributed by atoms with van der Waals surface area (Å²) in [7, 11) is 0. The fourth-order valence-corrected chi connectivity index (χ4v) is 2.50. The van der Waals surface area contributed by atoms with E-state index in [1.165, 1.54) is 6.07 Å². The zero-order chi connectivity index (χ0) is 15.2. The number of nitrogens with two attached hydrogens (primary N) is 1. The average Bonchev–Trinajstić information content (AvgIpc) is 2.48.